The maximum Gasteiger partial charge on any atom is 0.416 e. The van der Waals surface area contributed by atoms with Gasteiger partial charge in [0.15, 0.2) is 0 Å². The van der Waals surface area contributed by atoms with Gasteiger partial charge in [-0.25, -0.2) is 13.1 Å². The zero-order chi connectivity index (χ0) is 16.1. The van der Waals surface area contributed by atoms with Crippen LogP contribution in [0.4, 0.5) is 13.2 Å². The number of hydrogen-bond donors (Lipinski definition) is 1. The number of hydrogen-bond acceptors (Lipinski definition) is 4. The van der Waals surface area contributed by atoms with Crippen molar-refractivity contribution in [3.8, 4) is 0 Å². The normalized spacial score (nSPS) is 12.2. The number of sulfonamides is 1. The summed E-state index contributed by atoms with van der Waals surface area (Å²) in [6.45, 7) is 1.61. The molecule has 0 atom stereocenters. The van der Waals surface area contributed by atoms with Crippen molar-refractivity contribution in [2.45, 2.75) is 24.4 Å². The van der Waals surface area contributed by atoms with Gasteiger partial charge in [0.1, 0.15) is 0 Å². The Morgan fingerprint density at radius 1 is 1.24 bits per heavy atom. The molecule has 0 aliphatic rings. The highest BCUT2D eigenvalue weighted by Gasteiger charge is 2.30. The van der Waals surface area contributed by atoms with E-state index in [-0.39, 0.29) is 24.5 Å². The Hall–Kier alpha value is -1.61. The predicted molar refractivity (Wildman–Crippen MR) is 67.9 cm³/mol. The lowest BCUT2D eigenvalue weighted by atomic mass is 10.2. The van der Waals surface area contributed by atoms with E-state index in [1.807, 2.05) is 0 Å². The average molecular weight is 325 g/mol. The number of carbonyl (C=O) groups is 1. The van der Waals surface area contributed by atoms with Crippen molar-refractivity contribution in [1.82, 2.24) is 4.72 Å². The van der Waals surface area contributed by atoms with Crippen LogP contribution in [-0.4, -0.2) is 27.5 Å². The molecule has 1 rings (SSSR count). The molecule has 5 nitrogen and oxygen atoms in total. The van der Waals surface area contributed by atoms with Crippen LogP contribution >= 0.6 is 0 Å². The van der Waals surface area contributed by atoms with Crippen molar-refractivity contribution in [2.24, 2.45) is 0 Å². The van der Waals surface area contributed by atoms with Crippen LogP contribution in [0.5, 0.6) is 0 Å². The minimum Gasteiger partial charge on any atom is -0.466 e. The molecule has 0 saturated carbocycles. The maximum atomic E-state index is 12.4. The molecule has 0 bridgehead atoms. The van der Waals surface area contributed by atoms with E-state index in [4.69, 9.17) is 0 Å². The number of benzene rings is 1. The second-order valence-electron chi connectivity index (χ2n) is 3.97. The first-order valence-corrected chi connectivity index (χ1v) is 7.47. The molecular weight excluding hydrogens is 311 g/mol. The zero-order valence-corrected chi connectivity index (χ0v) is 11.9. The molecule has 0 amide bonds. The molecule has 1 aromatic carbocycles. The summed E-state index contributed by atoms with van der Waals surface area (Å²) in [5, 5.41) is 0. The number of halogens is 3. The maximum absolute atomic E-state index is 12.4. The quantitative estimate of drug-likeness (QED) is 0.811. The molecule has 0 radical (unpaired) electrons. The minimum absolute atomic E-state index is 0.159. The summed E-state index contributed by atoms with van der Waals surface area (Å²) >= 11 is 0. The second kappa shape index (κ2) is 6.90. The topological polar surface area (TPSA) is 72.5 Å². The third kappa shape index (κ3) is 5.35. The van der Waals surface area contributed by atoms with E-state index in [0.717, 1.165) is 12.1 Å². The molecule has 0 aromatic heterocycles. The van der Waals surface area contributed by atoms with Gasteiger partial charge in [0.2, 0.25) is 10.0 Å². The van der Waals surface area contributed by atoms with Crippen LogP contribution in [0.2, 0.25) is 0 Å². The third-order valence-electron chi connectivity index (χ3n) is 2.42. The summed E-state index contributed by atoms with van der Waals surface area (Å²) in [4.78, 5) is 10.7. The molecule has 21 heavy (non-hydrogen) atoms. The molecule has 0 fully saturated rings. The number of ether oxygens (including phenoxy) is 1. The summed E-state index contributed by atoms with van der Waals surface area (Å²) in [6.07, 6.45) is -4.69. The Balaban J connectivity index is 2.69. The fraction of sp³-hybridized carbons (Fsp3) is 0.417. The van der Waals surface area contributed by atoms with E-state index in [1.54, 1.807) is 6.92 Å². The molecule has 118 valence electrons. The van der Waals surface area contributed by atoms with Crippen molar-refractivity contribution in [2.75, 3.05) is 13.2 Å². The molecule has 1 aromatic rings. The van der Waals surface area contributed by atoms with Crippen LogP contribution in [0, 0.1) is 0 Å². The van der Waals surface area contributed by atoms with Gasteiger partial charge in [-0.15, -0.1) is 0 Å². The fourth-order valence-corrected chi connectivity index (χ4v) is 2.46. The molecule has 0 saturated heterocycles. The molecule has 0 spiro atoms. The van der Waals surface area contributed by atoms with Crippen LogP contribution < -0.4 is 4.72 Å². The molecule has 0 aliphatic heterocycles. The van der Waals surface area contributed by atoms with Crippen LogP contribution in [0.1, 0.15) is 18.9 Å². The van der Waals surface area contributed by atoms with Crippen LogP contribution in [0.15, 0.2) is 29.2 Å². The lowest BCUT2D eigenvalue weighted by Gasteiger charge is -2.09. The summed E-state index contributed by atoms with van der Waals surface area (Å²) in [7, 11) is -3.96. The molecular formula is C12H14F3NO4S. The highest BCUT2D eigenvalue weighted by molar-refractivity contribution is 7.89. The number of nitrogens with one attached hydrogen (secondary N) is 1. The van der Waals surface area contributed by atoms with Gasteiger partial charge in [-0.1, -0.05) is 0 Å². The number of carbonyl (C=O) groups excluding carboxylic acids is 1. The lowest BCUT2D eigenvalue weighted by Crippen LogP contribution is -2.26. The van der Waals surface area contributed by atoms with E-state index in [2.05, 4.69) is 9.46 Å². The van der Waals surface area contributed by atoms with Gasteiger partial charge in [-0.3, -0.25) is 4.79 Å². The van der Waals surface area contributed by atoms with Crippen LogP contribution in [0.25, 0.3) is 0 Å². The number of esters is 1. The molecule has 0 aliphatic carbocycles. The zero-order valence-electron chi connectivity index (χ0n) is 11.1. The first-order valence-electron chi connectivity index (χ1n) is 5.99. The minimum atomic E-state index is -4.53. The molecule has 0 heterocycles. The van der Waals surface area contributed by atoms with Crippen molar-refractivity contribution in [1.29, 1.82) is 0 Å². The first kappa shape index (κ1) is 17.4. The Bertz CT molecular complexity index is 582. The van der Waals surface area contributed by atoms with E-state index >= 15 is 0 Å². The SMILES string of the molecule is CCOC(=O)CCNS(=O)(=O)c1ccc(C(F)(F)F)cc1. The number of alkyl halides is 3. The van der Waals surface area contributed by atoms with Gasteiger partial charge in [-0.05, 0) is 31.2 Å². The highest BCUT2D eigenvalue weighted by Crippen LogP contribution is 2.29. The van der Waals surface area contributed by atoms with Gasteiger partial charge in [0.25, 0.3) is 0 Å². The van der Waals surface area contributed by atoms with E-state index in [0.29, 0.717) is 12.1 Å². The van der Waals surface area contributed by atoms with E-state index in [9.17, 15) is 26.4 Å². The second-order valence-corrected chi connectivity index (χ2v) is 5.74. The van der Waals surface area contributed by atoms with Crippen molar-refractivity contribution in [3.05, 3.63) is 29.8 Å². The van der Waals surface area contributed by atoms with Gasteiger partial charge < -0.3 is 4.74 Å². The lowest BCUT2D eigenvalue weighted by molar-refractivity contribution is -0.143. The monoisotopic (exact) mass is 325 g/mol. The van der Waals surface area contributed by atoms with E-state index < -0.39 is 27.7 Å². The van der Waals surface area contributed by atoms with Crippen LogP contribution in [0.3, 0.4) is 0 Å². The van der Waals surface area contributed by atoms with E-state index in [1.165, 1.54) is 0 Å². The smallest absolute Gasteiger partial charge is 0.416 e. The van der Waals surface area contributed by atoms with Gasteiger partial charge >= 0.3 is 12.1 Å². The van der Waals surface area contributed by atoms with Crippen molar-refractivity contribution < 1.29 is 31.1 Å². The molecule has 0 unspecified atom stereocenters. The summed E-state index contributed by atoms with van der Waals surface area (Å²) in [5.74, 6) is -0.562. The standard InChI is InChI=1S/C12H14F3NO4S/c1-2-20-11(17)7-8-16-21(18,19)10-5-3-9(4-6-10)12(13,14)15/h3-6,16H,2,7-8H2,1H3. The van der Waals surface area contributed by atoms with Gasteiger partial charge in [-0.2, -0.15) is 13.2 Å². The molecule has 9 heteroatoms. The van der Waals surface area contributed by atoms with Crippen molar-refractivity contribution >= 4 is 16.0 Å². The Kier molecular flexibility index (Phi) is 5.73. The highest BCUT2D eigenvalue weighted by atomic mass is 32.2. The summed E-state index contributed by atoms with van der Waals surface area (Å²) < 4.78 is 67.4. The Morgan fingerprint density at radius 2 is 1.81 bits per heavy atom. The third-order valence-corrected chi connectivity index (χ3v) is 3.90. The fourth-order valence-electron chi connectivity index (χ4n) is 1.43. The Morgan fingerprint density at radius 3 is 2.29 bits per heavy atom. The van der Waals surface area contributed by atoms with Gasteiger partial charge in [0, 0.05) is 6.54 Å². The number of rotatable bonds is 6. The summed E-state index contributed by atoms with van der Waals surface area (Å²) in [5.41, 5.74) is -0.937. The average Bonchev–Trinajstić information content (AvgIpc) is 2.38. The van der Waals surface area contributed by atoms with Crippen LogP contribution in [-0.2, 0) is 25.7 Å². The Labute approximate surface area is 120 Å². The largest absolute Gasteiger partial charge is 0.466 e. The predicted octanol–water partition coefficient (Wildman–Crippen LogP) is 1.94. The van der Waals surface area contributed by atoms with Gasteiger partial charge in [0.05, 0.1) is 23.5 Å². The first-order chi connectivity index (χ1) is 9.66. The molecule has 1 N–H and O–H groups in total. The summed E-state index contributed by atoms with van der Waals surface area (Å²) in [6, 6.07) is 3.07. The van der Waals surface area contributed by atoms with Crippen molar-refractivity contribution in [3.63, 3.8) is 0 Å².